The van der Waals surface area contributed by atoms with Gasteiger partial charge in [0.1, 0.15) is 5.82 Å². The number of hydrogen-bond donors (Lipinski definition) is 1. The van der Waals surface area contributed by atoms with Gasteiger partial charge in [0.25, 0.3) is 5.56 Å². The maximum atomic E-state index is 12.7. The third-order valence-electron chi connectivity index (χ3n) is 1.68. The first-order valence-corrected chi connectivity index (χ1v) is 3.80. The molecule has 1 N–H and O–H groups in total. The van der Waals surface area contributed by atoms with Crippen molar-refractivity contribution in [3.63, 3.8) is 0 Å². The van der Waals surface area contributed by atoms with Crippen LogP contribution in [0.25, 0.3) is 0 Å². The summed E-state index contributed by atoms with van der Waals surface area (Å²) in [6.45, 7) is 5.62. The minimum atomic E-state index is -0.403. The highest BCUT2D eigenvalue weighted by atomic mass is 19.1. The Morgan fingerprint density at radius 2 is 2.00 bits per heavy atom. The van der Waals surface area contributed by atoms with Gasteiger partial charge in [-0.05, 0) is 11.5 Å². The number of halogens is 1. The molecule has 0 unspecified atom stereocenters. The number of H-pyrrole nitrogens is 1. The highest BCUT2D eigenvalue weighted by Gasteiger charge is 2.17. The molecule has 1 rings (SSSR count). The van der Waals surface area contributed by atoms with Crippen LogP contribution in [-0.4, -0.2) is 4.98 Å². The Kier molecular flexibility index (Phi) is 2.04. The predicted molar refractivity (Wildman–Crippen MR) is 45.7 cm³/mol. The van der Waals surface area contributed by atoms with Crippen molar-refractivity contribution in [1.29, 1.82) is 0 Å². The van der Waals surface area contributed by atoms with E-state index in [1.54, 1.807) is 0 Å². The van der Waals surface area contributed by atoms with Crippen molar-refractivity contribution in [2.45, 2.75) is 26.2 Å². The number of nitrogens with one attached hydrogen (secondary N) is 1. The fourth-order valence-corrected chi connectivity index (χ4v) is 1.01. The average molecular weight is 169 g/mol. The topological polar surface area (TPSA) is 32.9 Å². The molecule has 1 aromatic rings. The molecule has 0 aliphatic rings. The SMILES string of the molecule is CC(C)(C)c1cc(F)c[nH]c1=O. The van der Waals surface area contributed by atoms with Crippen molar-refractivity contribution in [3.05, 3.63) is 34.0 Å². The third kappa shape index (κ3) is 1.72. The smallest absolute Gasteiger partial charge is 0.251 e. The Morgan fingerprint density at radius 3 is 2.42 bits per heavy atom. The predicted octanol–water partition coefficient (Wildman–Crippen LogP) is 1.81. The van der Waals surface area contributed by atoms with E-state index in [4.69, 9.17) is 0 Å². The second kappa shape index (κ2) is 2.73. The van der Waals surface area contributed by atoms with Gasteiger partial charge in [-0.15, -0.1) is 0 Å². The second-order valence-electron chi connectivity index (χ2n) is 3.81. The molecule has 0 bridgehead atoms. The summed E-state index contributed by atoms with van der Waals surface area (Å²) in [5.41, 5.74) is -0.0539. The normalized spacial score (nSPS) is 11.7. The average Bonchev–Trinajstić information content (AvgIpc) is 1.92. The van der Waals surface area contributed by atoms with E-state index in [9.17, 15) is 9.18 Å². The van der Waals surface area contributed by atoms with E-state index in [0.717, 1.165) is 6.20 Å². The minimum absolute atomic E-state index is 0.219. The molecule has 12 heavy (non-hydrogen) atoms. The molecular formula is C9H12FNO. The van der Waals surface area contributed by atoms with E-state index in [2.05, 4.69) is 4.98 Å². The lowest BCUT2D eigenvalue weighted by Crippen LogP contribution is -2.24. The molecular weight excluding hydrogens is 157 g/mol. The van der Waals surface area contributed by atoms with Crippen LogP contribution in [0.1, 0.15) is 26.3 Å². The van der Waals surface area contributed by atoms with Gasteiger partial charge in [-0.25, -0.2) is 4.39 Å². The van der Waals surface area contributed by atoms with Gasteiger partial charge < -0.3 is 4.98 Å². The molecule has 0 radical (unpaired) electrons. The first-order valence-electron chi connectivity index (χ1n) is 3.80. The summed E-state index contributed by atoms with van der Waals surface area (Å²) < 4.78 is 12.7. The van der Waals surface area contributed by atoms with Crippen LogP contribution in [0.5, 0.6) is 0 Å². The maximum absolute atomic E-state index is 12.7. The van der Waals surface area contributed by atoms with E-state index in [1.165, 1.54) is 6.07 Å². The van der Waals surface area contributed by atoms with Crippen LogP contribution in [0.2, 0.25) is 0 Å². The van der Waals surface area contributed by atoms with Crippen molar-refractivity contribution in [1.82, 2.24) is 4.98 Å². The number of aromatic amines is 1. The standard InChI is InChI=1S/C9H12FNO/c1-9(2,3)7-4-6(10)5-11-8(7)12/h4-5H,1-3H3,(H,11,12). The quantitative estimate of drug-likeness (QED) is 0.631. The largest absolute Gasteiger partial charge is 0.326 e. The molecule has 66 valence electrons. The molecule has 0 amide bonds. The zero-order chi connectivity index (χ0) is 9.35. The Hall–Kier alpha value is -1.12. The maximum Gasteiger partial charge on any atom is 0.251 e. The molecule has 0 atom stereocenters. The van der Waals surface area contributed by atoms with Gasteiger partial charge in [0.15, 0.2) is 0 Å². The summed E-state index contributed by atoms with van der Waals surface area (Å²) in [4.78, 5) is 13.5. The number of rotatable bonds is 0. The lowest BCUT2D eigenvalue weighted by atomic mass is 9.88. The molecule has 0 saturated carbocycles. The molecule has 0 aliphatic carbocycles. The molecule has 0 aliphatic heterocycles. The van der Waals surface area contributed by atoms with Crippen molar-refractivity contribution in [2.24, 2.45) is 0 Å². The Bertz CT molecular complexity index is 335. The third-order valence-corrected chi connectivity index (χ3v) is 1.68. The van der Waals surface area contributed by atoms with Gasteiger partial charge in [-0.2, -0.15) is 0 Å². The van der Waals surface area contributed by atoms with E-state index in [-0.39, 0.29) is 11.0 Å². The van der Waals surface area contributed by atoms with Crippen LogP contribution in [0.15, 0.2) is 17.1 Å². The molecule has 0 aromatic carbocycles. The lowest BCUT2D eigenvalue weighted by Gasteiger charge is -2.16. The Labute approximate surface area is 70.4 Å². The van der Waals surface area contributed by atoms with Crippen molar-refractivity contribution in [3.8, 4) is 0 Å². The van der Waals surface area contributed by atoms with Gasteiger partial charge in [0, 0.05) is 11.8 Å². The highest BCUT2D eigenvalue weighted by Crippen LogP contribution is 2.18. The Balaban J connectivity index is 3.33. The zero-order valence-corrected chi connectivity index (χ0v) is 7.44. The molecule has 2 nitrogen and oxygen atoms in total. The first-order chi connectivity index (χ1) is 5.41. The van der Waals surface area contributed by atoms with Gasteiger partial charge in [0.05, 0.1) is 0 Å². The van der Waals surface area contributed by atoms with E-state index >= 15 is 0 Å². The summed E-state index contributed by atoms with van der Waals surface area (Å²) in [5, 5.41) is 0. The Morgan fingerprint density at radius 1 is 1.42 bits per heavy atom. The van der Waals surface area contributed by atoms with Gasteiger partial charge in [-0.3, -0.25) is 4.79 Å². The van der Waals surface area contributed by atoms with Crippen LogP contribution in [-0.2, 0) is 5.41 Å². The number of pyridine rings is 1. The fraction of sp³-hybridized carbons (Fsp3) is 0.444. The summed E-state index contributed by atoms with van der Waals surface area (Å²) in [7, 11) is 0. The molecule has 1 heterocycles. The van der Waals surface area contributed by atoms with E-state index in [0.29, 0.717) is 5.56 Å². The van der Waals surface area contributed by atoms with Gasteiger partial charge >= 0.3 is 0 Å². The van der Waals surface area contributed by atoms with Gasteiger partial charge in [0.2, 0.25) is 0 Å². The van der Waals surface area contributed by atoms with Crippen molar-refractivity contribution in [2.75, 3.05) is 0 Å². The number of hydrogen-bond acceptors (Lipinski definition) is 1. The van der Waals surface area contributed by atoms with Crippen LogP contribution in [0.3, 0.4) is 0 Å². The monoisotopic (exact) mass is 169 g/mol. The van der Waals surface area contributed by atoms with Crippen molar-refractivity contribution < 1.29 is 4.39 Å². The molecule has 1 aromatic heterocycles. The second-order valence-corrected chi connectivity index (χ2v) is 3.81. The van der Waals surface area contributed by atoms with E-state index in [1.807, 2.05) is 20.8 Å². The molecule has 0 spiro atoms. The fourth-order valence-electron chi connectivity index (χ4n) is 1.01. The summed E-state index contributed by atoms with van der Waals surface area (Å²) in [5.74, 6) is -0.403. The van der Waals surface area contributed by atoms with Crippen LogP contribution in [0, 0.1) is 5.82 Å². The summed E-state index contributed by atoms with van der Waals surface area (Å²) >= 11 is 0. The molecule has 0 saturated heterocycles. The van der Waals surface area contributed by atoms with Crippen molar-refractivity contribution >= 4 is 0 Å². The zero-order valence-electron chi connectivity index (χ0n) is 7.44. The minimum Gasteiger partial charge on any atom is -0.326 e. The molecule has 3 heteroatoms. The van der Waals surface area contributed by atoms with Gasteiger partial charge in [-0.1, -0.05) is 20.8 Å². The number of aromatic nitrogens is 1. The van der Waals surface area contributed by atoms with Crippen LogP contribution < -0.4 is 5.56 Å². The van der Waals surface area contributed by atoms with E-state index < -0.39 is 5.82 Å². The summed E-state index contributed by atoms with van der Waals surface area (Å²) in [6, 6.07) is 1.28. The highest BCUT2D eigenvalue weighted by molar-refractivity contribution is 5.19. The molecule has 0 fully saturated rings. The van der Waals surface area contributed by atoms with Crippen LogP contribution in [0.4, 0.5) is 4.39 Å². The first kappa shape index (κ1) is 8.97. The summed E-state index contributed by atoms with van der Waals surface area (Å²) in [6.07, 6.45) is 1.07. The van der Waals surface area contributed by atoms with Crippen LogP contribution >= 0.6 is 0 Å². The lowest BCUT2D eigenvalue weighted by molar-refractivity contribution is 0.560.